The van der Waals surface area contributed by atoms with E-state index >= 15 is 0 Å². The second-order valence-corrected chi connectivity index (χ2v) is 10.6. The van der Waals surface area contributed by atoms with Gasteiger partial charge in [-0.15, -0.1) is 0 Å². The Kier molecular flexibility index (Phi) is 15.0. The summed E-state index contributed by atoms with van der Waals surface area (Å²) in [6.07, 6.45) is 8.19. The molecule has 0 aliphatic rings. The van der Waals surface area contributed by atoms with Gasteiger partial charge in [-0.1, -0.05) is 46.0 Å². The molecular weight excluding hydrogens is 436 g/mol. The lowest BCUT2D eigenvalue weighted by Gasteiger charge is -2.33. The quantitative estimate of drug-likeness (QED) is 0.139. The van der Waals surface area contributed by atoms with E-state index in [0.29, 0.717) is 38.5 Å². The highest BCUT2D eigenvalue weighted by Gasteiger charge is 2.45. The maximum atomic E-state index is 13.2. The minimum absolute atomic E-state index is 0.212. The van der Waals surface area contributed by atoms with E-state index < -0.39 is 28.9 Å². The third-order valence-electron chi connectivity index (χ3n) is 6.22. The van der Waals surface area contributed by atoms with Gasteiger partial charge in [-0.25, -0.2) is 0 Å². The normalized spacial score (nSPS) is 15.1. The van der Waals surface area contributed by atoms with Crippen LogP contribution in [0.15, 0.2) is 0 Å². The summed E-state index contributed by atoms with van der Waals surface area (Å²) < 4.78 is 11.1. The Hall–Kier alpha value is -1.92. The van der Waals surface area contributed by atoms with Crippen molar-refractivity contribution in [3.8, 4) is 0 Å². The monoisotopic (exact) mass is 484 g/mol. The lowest BCUT2D eigenvalue weighted by Crippen LogP contribution is -2.43. The predicted octanol–water partition coefficient (Wildman–Crippen LogP) is 6.26. The number of ether oxygens (including phenoxy) is 2. The molecule has 0 rings (SSSR count). The van der Waals surface area contributed by atoms with Gasteiger partial charge in [-0.3, -0.25) is 19.2 Å². The van der Waals surface area contributed by atoms with Crippen LogP contribution in [0.4, 0.5) is 0 Å². The number of unbranched alkanes of at least 4 members (excludes halogenated alkanes) is 4. The minimum atomic E-state index is -1.24. The number of aliphatic carboxylic acids is 1. The van der Waals surface area contributed by atoms with Crippen molar-refractivity contribution in [3.05, 3.63) is 0 Å². The van der Waals surface area contributed by atoms with Gasteiger partial charge in [-0.05, 0) is 72.6 Å². The third kappa shape index (κ3) is 13.1. The molecule has 3 atom stereocenters. The van der Waals surface area contributed by atoms with Crippen LogP contribution in [0.5, 0.6) is 0 Å². The first-order chi connectivity index (χ1) is 15.7. The molecule has 0 saturated carbocycles. The largest absolute Gasteiger partial charge is 0.481 e. The van der Waals surface area contributed by atoms with Crippen molar-refractivity contribution in [3.63, 3.8) is 0 Å². The molecule has 0 aromatic rings. The highest BCUT2D eigenvalue weighted by molar-refractivity contribution is 6.02. The second kappa shape index (κ2) is 15.9. The summed E-state index contributed by atoms with van der Waals surface area (Å²) in [6.45, 7) is 12.0. The lowest BCUT2D eigenvalue weighted by atomic mass is 9.74. The highest BCUT2D eigenvalue weighted by atomic mass is 16.6. The SMILES string of the molecule is CCCCCC(CCCC(CCCCCC(C)C(=O)O)(C(C)=O)C(=O)OC(C)(C)C)OC(C)=O. The molecule has 7 heteroatoms. The zero-order valence-electron chi connectivity index (χ0n) is 22.5. The van der Waals surface area contributed by atoms with Gasteiger partial charge in [0.1, 0.15) is 22.9 Å². The van der Waals surface area contributed by atoms with E-state index in [-0.39, 0.29) is 17.9 Å². The standard InChI is InChI=1S/C27H48O7/c1-8-9-11-16-23(33-22(4)29)17-14-19-27(21(3)28,25(32)34-26(5,6)7)18-13-10-12-15-20(2)24(30)31/h20,23H,8-19H2,1-7H3,(H,30,31). The maximum absolute atomic E-state index is 13.2. The number of carbonyl (C=O) groups excluding carboxylic acids is 3. The van der Waals surface area contributed by atoms with Crippen LogP contribution in [0.3, 0.4) is 0 Å². The number of rotatable bonds is 18. The van der Waals surface area contributed by atoms with Gasteiger partial charge in [0.25, 0.3) is 0 Å². The van der Waals surface area contributed by atoms with E-state index in [2.05, 4.69) is 6.92 Å². The number of Topliss-reactive ketones (excluding diaryl/α,β-unsaturated/α-hetero) is 1. The first-order valence-electron chi connectivity index (χ1n) is 12.9. The Bertz CT molecular complexity index is 650. The van der Waals surface area contributed by atoms with E-state index in [9.17, 15) is 19.2 Å². The van der Waals surface area contributed by atoms with Crippen LogP contribution in [-0.4, -0.2) is 40.5 Å². The summed E-state index contributed by atoms with van der Waals surface area (Å²) in [6, 6.07) is 0. The Morgan fingerprint density at radius 3 is 1.88 bits per heavy atom. The number of carboxylic acid groups (broad SMARTS) is 1. The molecule has 0 aromatic carbocycles. The number of carbonyl (C=O) groups is 4. The van der Waals surface area contributed by atoms with Crippen molar-refractivity contribution >= 4 is 23.7 Å². The zero-order valence-corrected chi connectivity index (χ0v) is 22.5. The average molecular weight is 485 g/mol. The van der Waals surface area contributed by atoms with Crippen molar-refractivity contribution in [2.75, 3.05) is 0 Å². The molecule has 3 unspecified atom stereocenters. The topological polar surface area (TPSA) is 107 Å². The summed E-state index contributed by atoms with van der Waals surface area (Å²) in [5.74, 6) is -2.25. The fourth-order valence-electron chi connectivity index (χ4n) is 4.13. The summed E-state index contributed by atoms with van der Waals surface area (Å²) in [5.41, 5.74) is -1.95. The molecule has 0 radical (unpaired) electrons. The van der Waals surface area contributed by atoms with Crippen LogP contribution < -0.4 is 0 Å². The van der Waals surface area contributed by atoms with Crippen molar-refractivity contribution in [1.82, 2.24) is 0 Å². The molecule has 0 amide bonds. The minimum Gasteiger partial charge on any atom is -0.481 e. The Morgan fingerprint density at radius 2 is 1.38 bits per heavy atom. The van der Waals surface area contributed by atoms with Gasteiger partial charge in [0.15, 0.2) is 0 Å². The van der Waals surface area contributed by atoms with Crippen LogP contribution in [0.2, 0.25) is 0 Å². The molecule has 34 heavy (non-hydrogen) atoms. The molecule has 1 N–H and O–H groups in total. The fraction of sp³-hybridized carbons (Fsp3) is 0.852. The highest BCUT2D eigenvalue weighted by Crippen LogP contribution is 2.36. The molecule has 198 valence electrons. The summed E-state index contributed by atoms with van der Waals surface area (Å²) in [4.78, 5) is 48.6. The third-order valence-corrected chi connectivity index (χ3v) is 6.22. The summed E-state index contributed by atoms with van der Waals surface area (Å²) in [7, 11) is 0. The van der Waals surface area contributed by atoms with Crippen molar-refractivity contribution < 1.29 is 33.8 Å². The van der Waals surface area contributed by atoms with Crippen LogP contribution in [0.1, 0.15) is 126 Å². The maximum Gasteiger partial charge on any atom is 0.320 e. The molecule has 0 fully saturated rings. The van der Waals surface area contributed by atoms with E-state index in [1.165, 1.54) is 13.8 Å². The van der Waals surface area contributed by atoms with E-state index in [4.69, 9.17) is 14.6 Å². The number of hydrogen-bond donors (Lipinski definition) is 1. The van der Waals surface area contributed by atoms with Gasteiger partial charge < -0.3 is 14.6 Å². The summed E-state index contributed by atoms with van der Waals surface area (Å²) >= 11 is 0. The molecule has 0 aliphatic carbocycles. The molecule has 0 saturated heterocycles. The average Bonchev–Trinajstić information content (AvgIpc) is 2.69. The zero-order chi connectivity index (χ0) is 26.4. The van der Waals surface area contributed by atoms with E-state index in [1.54, 1.807) is 27.7 Å². The van der Waals surface area contributed by atoms with E-state index in [0.717, 1.165) is 38.5 Å². The molecule has 0 bridgehead atoms. The number of esters is 2. The van der Waals surface area contributed by atoms with Crippen LogP contribution in [-0.2, 0) is 28.7 Å². The molecule has 0 aromatic heterocycles. The van der Waals surface area contributed by atoms with E-state index in [1.807, 2.05) is 0 Å². The lowest BCUT2D eigenvalue weighted by molar-refractivity contribution is -0.171. The molecule has 7 nitrogen and oxygen atoms in total. The van der Waals surface area contributed by atoms with Crippen molar-refractivity contribution in [2.24, 2.45) is 11.3 Å². The van der Waals surface area contributed by atoms with Crippen molar-refractivity contribution in [2.45, 2.75) is 137 Å². The molecule has 0 spiro atoms. The first kappa shape index (κ1) is 32.1. The Morgan fingerprint density at radius 1 is 0.824 bits per heavy atom. The number of hydrogen-bond acceptors (Lipinski definition) is 6. The molecule has 0 heterocycles. The fourth-order valence-corrected chi connectivity index (χ4v) is 4.13. The van der Waals surface area contributed by atoms with Crippen LogP contribution in [0.25, 0.3) is 0 Å². The molecule has 0 aliphatic heterocycles. The predicted molar refractivity (Wildman–Crippen MR) is 132 cm³/mol. The Labute approximate surface area is 206 Å². The van der Waals surface area contributed by atoms with Gasteiger partial charge in [0.05, 0.1) is 5.92 Å². The van der Waals surface area contributed by atoms with Gasteiger partial charge in [0.2, 0.25) is 0 Å². The van der Waals surface area contributed by atoms with Gasteiger partial charge in [-0.2, -0.15) is 0 Å². The molecular formula is C27H48O7. The second-order valence-electron chi connectivity index (χ2n) is 10.6. The smallest absolute Gasteiger partial charge is 0.320 e. The first-order valence-corrected chi connectivity index (χ1v) is 12.9. The van der Waals surface area contributed by atoms with Gasteiger partial charge >= 0.3 is 17.9 Å². The van der Waals surface area contributed by atoms with Crippen LogP contribution in [0, 0.1) is 11.3 Å². The Balaban J connectivity index is 5.32. The summed E-state index contributed by atoms with van der Waals surface area (Å²) in [5, 5.41) is 9.05. The van der Waals surface area contributed by atoms with Gasteiger partial charge in [0, 0.05) is 6.92 Å². The van der Waals surface area contributed by atoms with Crippen LogP contribution >= 0.6 is 0 Å². The van der Waals surface area contributed by atoms with Crippen molar-refractivity contribution in [1.29, 1.82) is 0 Å². The number of carboxylic acids is 1. The number of ketones is 1.